The Morgan fingerprint density at radius 1 is 1.25 bits per heavy atom. The van der Waals surface area contributed by atoms with Crippen molar-refractivity contribution >= 4 is 16.5 Å². The van der Waals surface area contributed by atoms with Crippen LogP contribution in [0.25, 0.3) is 11.5 Å². The first kappa shape index (κ1) is 15.3. The zero-order valence-corrected chi connectivity index (χ0v) is 14.4. The summed E-state index contributed by atoms with van der Waals surface area (Å²) in [6, 6.07) is 3.93. The van der Waals surface area contributed by atoms with E-state index in [4.69, 9.17) is 4.52 Å². The van der Waals surface area contributed by atoms with Crippen molar-refractivity contribution in [2.75, 3.05) is 18.0 Å². The first-order valence-corrected chi connectivity index (χ1v) is 9.06. The van der Waals surface area contributed by atoms with E-state index in [1.54, 1.807) is 17.5 Å². The molecule has 3 aromatic rings. The number of thiazole rings is 1. The predicted molar refractivity (Wildman–Crippen MR) is 93.0 cm³/mol. The lowest BCUT2D eigenvalue weighted by Crippen LogP contribution is -2.34. The number of anilines is 1. The maximum absolute atomic E-state index is 5.44. The van der Waals surface area contributed by atoms with Crippen LogP contribution in [-0.2, 0) is 6.42 Å². The van der Waals surface area contributed by atoms with Crippen LogP contribution in [0.1, 0.15) is 24.3 Å². The Morgan fingerprint density at radius 2 is 2.12 bits per heavy atom. The maximum Gasteiger partial charge on any atom is 0.227 e. The van der Waals surface area contributed by atoms with E-state index in [1.807, 2.05) is 30.6 Å². The molecule has 0 radical (unpaired) electrons. The lowest BCUT2D eigenvalue weighted by Gasteiger charge is -2.31. The summed E-state index contributed by atoms with van der Waals surface area (Å²) in [5.74, 6) is 1.87. The molecular weight excluding hydrogens is 322 g/mol. The van der Waals surface area contributed by atoms with Crippen LogP contribution in [0.15, 0.2) is 34.4 Å². The second-order valence-electron chi connectivity index (χ2n) is 6.18. The van der Waals surface area contributed by atoms with E-state index in [1.165, 1.54) is 0 Å². The number of piperidine rings is 1. The Bertz CT molecular complexity index is 793. The molecule has 1 aliphatic heterocycles. The van der Waals surface area contributed by atoms with E-state index < -0.39 is 0 Å². The molecule has 0 aromatic carbocycles. The van der Waals surface area contributed by atoms with Crippen LogP contribution in [0.2, 0.25) is 0 Å². The van der Waals surface area contributed by atoms with E-state index >= 15 is 0 Å². The van der Waals surface area contributed by atoms with Crippen molar-refractivity contribution in [3.8, 4) is 11.5 Å². The van der Waals surface area contributed by atoms with Gasteiger partial charge in [-0.25, -0.2) is 4.98 Å². The lowest BCUT2D eigenvalue weighted by molar-refractivity contribution is 0.325. The van der Waals surface area contributed by atoms with Crippen molar-refractivity contribution in [1.82, 2.24) is 20.1 Å². The number of aromatic nitrogens is 4. The monoisotopic (exact) mass is 341 g/mol. The van der Waals surface area contributed by atoms with Crippen molar-refractivity contribution in [3.05, 3.63) is 41.4 Å². The van der Waals surface area contributed by atoms with Crippen molar-refractivity contribution < 1.29 is 4.52 Å². The second kappa shape index (κ2) is 6.68. The molecular formula is C17H19N5OS. The van der Waals surface area contributed by atoms with E-state index in [9.17, 15) is 0 Å². The van der Waals surface area contributed by atoms with E-state index in [0.717, 1.165) is 48.7 Å². The van der Waals surface area contributed by atoms with Crippen molar-refractivity contribution in [2.24, 2.45) is 5.92 Å². The topological polar surface area (TPSA) is 67.9 Å². The Morgan fingerprint density at radius 3 is 2.88 bits per heavy atom. The summed E-state index contributed by atoms with van der Waals surface area (Å²) in [4.78, 5) is 15.6. The van der Waals surface area contributed by atoms with Crippen LogP contribution < -0.4 is 4.90 Å². The summed E-state index contributed by atoms with van der Waals surface area (Å²) in [6.45, 7) is 4.11. The molecule has 7 heteroatoms. The fourth-order valence-electron chi connectivity index (χ4n) is 3.05. The van der Waals surface area contributed by atoms with Gasteiger partial charge in [-0.2, -0.15) is 4.98 Å². The molecule has 3 aromatic heterocycles. The summed E-state index contributed by atoms with van der Waals surface area (Å²) >= 11 is 1.70. The van der Waals surface area contributed by atoms with Gasteiger partial charge in [0.25, 0.3) is 0 Å². The molecule has 0 amide bonds. The first-order valence-electron chi connectivity index (χ1n) is 8.18. The maximum atomic E-state index is 5.44. The third kappa shape index (κ3) is 3.31. The molecule has 24 heavy (non-hydrogen) atoms. The Hall–Kier alpha value is -2.28. The van der Waals surface area contributed by atoms with Crippen molar-refractivity contribution in [3.63, 3.8) is 0 Å². The van der Waals surface area contributed by atoms with Gasteiger partial charge in [-0.3, -0.25) is 4.98 Å². The molecule has 0 bridgehead atoms. The lowest BCUT2D eigenvalue weighted by atomic mass is 9.94. The third-order valence-electron chi connectivity index (χ3n) is 4.38. The molecule has 4 rings (SSSR count). The highest BCUT2D eigenvalue weighted by Gasteiger charge is 2.23. The van der Waals surface area contributed by atoms with Crippen LogP contribution in [-0.4, -0.2) is 33.2 Å². The van der Waals surface area contributed by atoms with E-state index in [2.05, 4.69) is 25.0 Å². The van der Waals surface area contributed by atoms with Crippen molar-refractivity contribution in [2.45, 2.75) is 26.2 Å². The Balaban J connectivity index is 1.37. The van der Waals surface area contributed by atoms with Gasteiger partial charge in [0.05, 0.1) is 0 Å². The zero-order chi connectivity index (χ0) is 16.4. The van der Waals surface area contributed by atoms with E-state index in [0.29, 0.717) is 17.6 Å². The third-order valence-corrected chi connectivity index (χ3v) is 5.21. The van der Waals surface area contributed by atoms with Crippen molar-refractivity contribution in [1.29, 1.82) is 0 Å². The van der Waals surface area contributed by atoms with Gasteiger partial charge in [0.1, 0.15) is 5.69 Å². The summed E-state index contributed by atoms with van der Waals surface area (Å²) in [5.41, 5.74) is 1.91. The number of nitrogens with zero attached hydrogens (tertiary/aromatic N) is 5. The number of rotatable bonds is 4. The number of hydrogen-bond acceptors (Lipinski definition) is 7. The average Bonchev–Trinajstić information content (AvgIpc) is 3.27. The molecule has 0 unspecified atom stereocenters. The number of hydrogen-bond donors (Lipinski definition) is 0. The summed E-state index contributed by atoms with van der Waals surface area (Å²) in [7, 11) is 0. The molecule has 0 saturated carbocycles. The second-order valence-corrected chi connectivity index (χ2v) is 7.05. The molecule has 0 N–H and O–H groups in total. The highest BCUT2D eigenvalue weighted by atomic mass is 32.1. The Kier molecular flexibility index (Phi) is 4.25. The smallest absolute Gasteiger partial charge is 0.227 e. The fraction of sp³-hybridized carbons (Fsp3) is 0.412. The van der Waals surface area contributed by atoms with Gasteiger partial charge in [-0.1, -0.05) is 5.16 Å². The number of pyridine rings is 1. The van der Waals surface area contributed by atoms with Crippen LogP contribution in [0.4, 0.5) is 5.13 Å². The van der Waals surface area contributed by atoms with E-state index in [-0.39, 0.29) is 0 Å². The van der Waals surface area contributed by atoms with Gasteiger partial charge in [0.15, 0.2) is 5.13 Å². The van der Waals surface area contributed by atoms with Gasteiger partial charge >= 0.3 is 0 Å². The van der Waals surface area contributed by atoms with Crippen LogP contribution in [0, 0.1) is 12.8 Å². The average molecular weight is 341 g/mol. The predicted octanol–water partition coefficient (Wildman–Crippen LogP) is 3.36. The van der Waals surface area contributed by atoms with Crippen LogP contribution >= 0.6 is 11.3 Å². The van der Waals surface area contributed by atoms with Gasteiger partial charge < -0.3 is 9.42 Å². The Labute approximate surface area is 144 Å². The van der Waals surface area contributed by atoms with Gasteiger partial charge in [-0.15, -0.1) is 11.3 Å². The highest BCUT2D eigenvalue weighted by molar-refractivity contribution is 7.13. The van der Waals surface area contributed by atoms with Crippen LogP contribution in [0.3, 0.4) is 0 Å². The minimum Gasteiger partial charge on any atom is -0.348 e. The minimum absolute atomic E-state index is 0.578. The molecule has 6 nitrogen and oxygen atoms in total. The molecule has 1 saturated heterocycles. The summed E-state index contributed by atoms with van der Waals surface area (Å²) in [6.07, 6.45) is 6.73. The quantitative estimate of drug-likeness (QED) is 0.725. The molecule has 4 heterocycles. The molecule has 1 fully saturated rings. The SMILES string of the molecule is Cc1ccnc(-c2noc(CC3CCN(c4nccs4)CC3)n2)c1. The molecule has 1 aliphatic rings. The number of aryl methyl sites for hydroxylation is 1. The fourth-order valence-corrected chi connectivity index (χ4v) is 3.74. The largest absolute Gasteiger partial charge is 0.348 e. The van der Waals surface area contributed by atoms with Gasteiger partial charge in [0.2, 0.25) is 11.7 Å². The zero-order valence-electron chi connectivity index (χ0n) is 13.6. The normalized spacial score (nSPS) is 15.8. The standard InChI is InChI=1S/C17H19N5OS/c1-12-2-5-18-14(10-12)16-20-15(23-21-16)11-13-3-7-22(8-4-13)17-19-6-9-24-17/h2,5-6,9-10,13H,3-4,7-8,11H2,1H3. The van der Waals surface area contributed by atoms with Gasteiger partial charge in [0, 0.05) is 37.3 Å². The molecule has 124 valence electrons. The van der Waals surface area contributed by atoms with Gasteiger partial charge in [-0.05, 0) is 43.4 Å². The molecule has 0 aliphatic carbocycles. The molecule has 0 spiro atoms. The minimum atomic E-state index is 0.578. The summed E-state index contributed by atoms with van der Waals surface area (Å²) in [5, 5.41) is 7.23. The van der Waals surface area contributed by atoms with Crippen LogP contribution in [0.5, 0.6) is 0 Å². The molecule has 0 atom stereocenters. The first-order chi connectivity index (χ1) is 11.8. The highest BCUT2D eigenvalue weighted by Crippen LogP contribution is 2.27. The summed E-state index contributed by atoms with van der Waals surface area (Å²) < 4.78 is 5.44.